The Bertz CT molecular complexity index is 1330. The molecule has 4 rings (SSSR count). The summed E-state index contributed by atoms with van der Waals surface area (Å²) in [4.78, 5) is 32.5. The third-order valence-corrected chi connectivity index (χ3v) is 6.29. The van der Waals surface area contributed by atoms with Crippen molar-refractivity contribution in [2.24, 2.45) is 0 Å². The second kappa shape index (κ2) is 9.61. The lowest BCUT2D eigenvalue weighted by molar-refractivity contribution is -0.132. The van der Waals surface area contributed by atoms with Crippen molar-refractivity contribution in [3.63, 3.8) is 0 Å². The van der Waals surface area contributed by atoms with Gasteiger partial charge >= 0.3 is 0 Å². The summed E-state index contributed by atoms with van der Waals surface area (Å²) >= 11 is 0. The summed E-state index contributed by atoms with van der Waals surface area (Å²) in [5.74, 6) is -0.909. The first kappa shape index (κ1) is 25.2. The number of nitrogens with zero attached hydrogens (tertiary/aromatic N) is 2. The first-order chi connectivity index (χ1) is 17.0. The number of amides is 1. The van der Waals surface area contributed by atoms with Crippen molar-refractivity contribution >= 4 is 23.1 Å². The third-order valence-electron chi connectivity index (χ3n) is 6.29. The quantitative estimate of drug-likeness (QED) is 0.272. The molecule has 1 atom stereocenters. The molecule has 6 heteroatoms. The van der Waals surface area contributed by atoms with Crippen LogP contribution in [-0.4, -0.2) is 28.4 Å². The average Bonchev–Trinajstić information content (AvgIpc) is 3.09. The zero-order valence-electron chi connectivity index (χ0n) is 21.6. The maximum Gasteiger partial charge on any atom is 0.300 e. The number of aryl methyl sites for hydroxylation is 2. The summed E-state index contributed by atoms with van der Waals surface area (Å²) in [6, 6.07) is 13.9. The lowest BCUT2D eigenvalue weighted by Crippen LogP contribution is -2.29. The molecule has 36 heavy (non-hydrogen) atoms. The van der Waals surface area contributed by atoms with Gasteiger partial charge in [0, 0.05) is 29.2 Å². The van der Waals surface area contributed by atoms with Crippen molar-refractivity contribution in [2.75, 3.05) is 11.5 Å². The summed E-state index contributed by atoms with van der Waals surface area (Å²) < 4.78 is 5.81. The van der Waals surface area contributed by atoms with Crippen LogP contribution in [0, 0.1) is 13.8 Å². The maximum atomic E-state index is 13.5. The molecule has 1 unspecified atom stereocenters. The largest absolute Gasteiger partial charge is 0.507 e. The summed E-state index contributed by atoms with van der Waals surface area (Å²) in [7, 11) is 0. The molecule has 0 spiro atoms. The fourth-order valence-corrected chi connectivity index (χ4v) is 4.74. The molecule has 186 valence electrons. The minimum Gasteiger partial charge on any atom is -0.507 e. The highest BCUT2D eigenvalue weighted by Gasteiger charge is 2.47. The fraction of sp³-hybridized carbons (Fsp3) is 0.300. The normalized spacial score (nSPS) is 17.5. The zero-order valence-corrected chi connectivity index (χ0v) is 21.6. The second-order valence-corrected chi connectivity index (χ2v) is 10.2. The van der Waals surface area contributed by atoms with Gasteiger partial charge in [0.2, 0.25) is 0 Å². The molecule has 1 saturated heterocycles. The van der Waals surface area contributed by atoms with E-state index in [1.54, 1.807) is 30.6 Å². The molecule has 0 saturated carbocycles. The molecule has 1 amide bonds. The van der Waals surface area contributed by atoms with Crippen LogP contribution in [0.1, 0.15) is 61.6 Å². The number of hydrogen-bond donors (Lipinski definition) is 1. The smallest absolute Gasteiger partial charge is 0.300 e. The molecule has 0 aliphatic carbocycles. The molecule has 3 aromatic rings. The number of pyridine rings is 1. The van der Waals surface area contributed by atoms with E-state index in [2.05, 4.69) is 25.8 Å². The maximum absolute atomic E-state index is 13.5. The van der Waals surface area contributed by atoms with Crippen LogP contribution in [0.2, 0.25) is 0 Å². The molecule has 6 nitrogen and oxygen atoms in total. The number of carbonyl (C=O) groups is 2. The van der Waals surface area contributed by atoms with Crippen LogP contribution in [0.3, 0.4) is 0 Å². The molecule has 0 radical (unpaired) electrons. The van der Waals surface area contributed by atoms with E-state index in [9.17, 15) is 14.7 Å². The molecule has 1 aromatic heterocycles. The third kappa shape index (κ3) is 4.63. The van der Waals surface area contributed by atoms with Crippen LogP contribution in [-0.2, 0) is 15.0 Å². The van der Waals surface area contributed by atoms with Crippen molar-refractivity contribution in [1.29, 1.82) is 0 Å². The van der Waals surface area contributed by atoms with Gasteiger partial charge in [0.25, 0.3) is 11.7 Å². The number of aliphatic hydroxyl groups is 1. The number of anilines is 1. The lowest BCUT2D eigenvalue weighted by Gasteiger charge is -2.26. The first-order valence-corrected chi connectivity index (χ1v) is 12.1. The highest BCUT2D eigenvalue weighted by atomic mass is 16.5. The minimum absolute atomic E-state index is 0.0381. The predicted molar refractivity (Wildman–Crippen MR) is 141 cm³/mol. The fourth-order valence-electron chi connectivity index (χ4n) is 4.74. The molecule has 2 heterocycles. The topological polar surface area (TPSA) is 79.7 Å². The Hall–Kier alpha value is -3.93. The van der Waals surface area contributed by atoms with Crippen LogP contribution in [0.5, 0.6) is 5.75 Å². The number of rotatable bonds is 5. The Balaban J connectivity index is 1.95. The van der Waals surface area contributed by atoms with Crippen LogP contribution < -0.4 is 9.64 Å². The Morgan fingerprint density at radius 2 is 1.75 bits per heavy atom. The van der Waals surface area contributed by atoms with E-state index >= 15 is 0 Å². The van der Waals surface area contributed by atoms with Gasteiger partial charge in [-0.3, -0.25) is 19.5 Å². The number of aliphatic hydroxyl groups excluding tert-OH is 1. The Labute approximate surface area is 212 Å². The SMILES string of the molecule is CCOc1ccc(/C(O)=C2/C(=O)C(=O)N(c3cc(C)cc(C)c3)C2c2cccnc2)cc1C(C)(C)C. The highest BCUT2D eigenvalue weighted by molar-refractivity contribution is 6.51. The van der Waals surface area contributed by atoms with E-state index in [1.807, 2.05) is 51.1 Å². The molecular formula is C30H32N2O4. The molecule has 2 aromatic carbocycles. The molecule has 0 bridgehead atoms. The number of aromatic nitrogens is 1. The highest BCUT2D eigenvalue weighted by Crippen LogP contribution is 2.43. The second-order valence-electron chi connectivity index (χ2n) is 10.2. The molecule has 1 fully saturated rings. The molecule has 1 N–H and O–H groups in total. The van der Waals surface area contributed by atoms with Gasteiger partial charge < -0.3 is 9.84 Å². The van der Waals surface area contributed by atoms with E-state index in [0.717, 1.165) is 22.4 Å². The Morgan fingerprint density at radius 1 is 1.06 bits per heavy atom. The Morgan fingerprint density at radius 3 is 2.33 bits per heavy atom. The number of ketones is 1. The van der Waals surface area contributed by atoms with Crippen molar-refractivity contribution in [3.05, 3.63) is 94.3 Å². The number of hydrogen-bond acceptors (Lipinski definition) is 5. The molecule has 1 aliphatic rings. The number of carbonyl (C=O) groups excluding carboxylic acids is 2. The van der Waals surface area contributed by atoms with Gasteiger partial charge in [-0.1, -0.05) is 32.9 Å². The zero-order chi connectivity index (χ0) is 26.2. The van der Waals surface area contributed by atoms with E-state index in [-0.39, 0.29) is 16.7 Å². The van der Waals surface area contributed by atoms with E-state index in [0.29, 0.717) is 23.4 Å². The standard InChI is InChI=1S/C30H32N2O4/c1-7-36-24-11-10-20(16-23(24)30(4,5)6)27(33)25-26(21-9-8-12-31-17-21)32(29(35)28(25)34)22-14-18(2)13-19(3)15-22/h8-17,26,33H,7H2,1-6H3/b27-25-. The summed E-state index contributed by atoms with van der Waals surface area (Å²) in [5, 5.41) is 11.5. The number of benzene rings is 2. The van der Waals surface area contributed by atoms with Gasteiger partial charge in [-0.25, -0.2) is 0 Å². The van der Waals surface area contributed by atoms with Crippen LogP contribution in [0.4, 0.5) is 5.69 Å². The van der Waals surface area contributed by atoms with Gasteiger partial charge in [-0.2, -0.15) is 0 Å². The van der Waals surface area contributed by atoms with Crippen LogP contribution in [0.25, 0.3) is 5.76 Å². The van der Waals surface area contributed by atoms with E-state index < -0.39 is 17.7 Å². The molecular weight excluding hydrogens is 452 g/mol. The average molecular weight is 485 g/mol. The minimum atomic E-state index is -0.815. The number of Topliss-reactive ketones (excluding diaryl/α,β-unsaturated/α-hetero) is 1. The van der Waals surface area contributed by atoms with Gasteiger partial charge in [0.1, 0.15) is 11.5 Å². The Kier molecular flexibility index (Phi) is 6.72. The van der Waals surface area contributed by atoms with Crippen molar-refractivity contribution < 1.29 is 19.4 Å². The lowest BCUT2D eigenvalue weighted by atomic mass is 9.84. The number of ether oxygens (including phenoxy) is 1. The van der Waals surface area contributed by atoms with E-state index in [1.165, 1.54) is 4.90 Å². The van der Waals surface area contributed by atoms with Gasteiger partial charge in [-0.05, 0) is 79.3 Å². The summed E-state index contributed by atoms with van der Waals surface area (Å²) in [6.45, 7) is 12.5. The van der Waals surface area contributed by atoms with Crippen LogP contribution in [0.15, 0.2) is 66.5 Å². The van der Waals surface area contributed by atoms with Gasteiger partial charge in [0.05, 0.1) is 18.2 Å². The van der Waals surface area contributed by atoms with Gasteiger partial charge in [-0.15, -0.1) is 0 Å². The molecule has 1 aliphatic heterocycles. The van der Waals surface area contributed by atoms with Crippen molar-refractivity contribution in [3.8, 4) is 5.75 Å². The van der Waals surface area contributed by atoms with Crippen LogP contribution >= 0.6 is 0 Å². The summed E-state index contributed by atoms with van der Waals surface area (Å²) in [6.07, 6.45) is 3.26. The summed E-state index contributed by atoms with van der Waals surface area (Å²) in [5.41, 5.74) is 4.30. The predicted octanol–water partition coefficient (Wildman–Crippen LogP) is 6.02. The van der Waals surface area contributed by atoms with Crippen molar-refractivity contribution in [2.45, 2.75) is 53.0 Å². The first-order valence-electron chi connectivity index (χ1n) is 12.1. The van der Waals surface area contributed by atoms with Crippen molar-refractivity contribution in [1.82, 2.24) is 4.98 Å². The van der Waals surface area contributed by atoms with E-state index in [4.69, 9.17) is 4.74 Å². The van der Waals surface area contributed by atoms with Gasteiger partial charge in [0.15, 0.2) is 0 Å². The monoisotopic (exact) mass is 484 g/mol.